The van der Waals surface area contributed by atoms with Crippen LogP contribution in [0.3, 0.4) is 0 Å². The van der Waals surface area contributed by atoms with Crippen molar-refractivity contribution in [1.82, 2.24) is 0 Å². The van der Waals surface area contributed by atoms with Crippen LogP contribution in [0.1, 0.15) is 46.5 Å². The fraction of sp³-hybridized carbons (Fsp3) is 0.833. The summed E-state index contributed by atoms with van der Waals surface area (Å²) in [5, 5.41) is 9.07. The fourth-order valence-corrected chi connectivity index (χ4v) is 2.30. The second kappa shape index (κ2) is 4.33. The topological polar surface area (TPSA) is 54.4 Å². The summed E-state index contributed by atoms with van der Waals surface area (Å²) in [5.41, 5.74) is -0.421. The van der Waals surface area contributed by atoms with E-state index in [0.717, 1.165) is 19.3 Å². The Morgan fingerprint density at radius 1 is 1.07 bits per heavy atom. The zero-order valence-corrected chi connectivity index (χ0v) is 9.75. The molecule has 0 radical (unpaired) electrons. The zero-order chi connectivity index (χ0) is 11.6. The molecule has 2 unspecified atom stereocenters. The van der Waals surface area contributed by atoms with Crippen molar-refractivity contribution in [1.29, 1.82) is 0 Å². The second-order valence-electron chi connectivity index (χ2n) is 5.45. The first-order valence-electron chi connectivity index (χ1n) is 5.61. The maximum atomic E-state index is 12.1. The largest absolute Gasteiger partial charge is 0.481 e. The number of ketones is 1. The average molecular weight is 212 g/mol. The van der Waals surface area contributed by atoms with Crippen molar-refractivity contribution in [3.63, 3.8) is 0 Å². The monoisotopic (exact) mass is 212 g/mol. The molecule has 0 saturated heterocycles. The minimum atomic E-state index is -0.808. The lowest BCUT2D eigenvalue weighted by atomic mass is 9.71. The quantitative estimate of drug-likeness (QED) is 0.765. The maximum absolute atomic E-state index is 12.1. The number of carbonyl (C=O) groups excluding carboxylic acids is 1. The van der Waals surface area contributed by atoms with Gasteiger partial charge in [-0.3, -0.25) is 9.59 Å². The molecule has 1 rings (SSSR count). The summed E-state index contributed by atoms with van der Waals surface area (Å²) in [6, 6.07) is 0. The first-order chi connectivity index (χ1) is 6.84. The van der Waals surface area contributed by atoms with Crippen molar-refractivity contribution in [3.8, 4) is 0 Å². The van der Waals surface area contributed by atoms with Gasteiger partial charge in [0, 0.05) is 11.3 Å². The highest BCUT2D eigenvalue weighted by Gasteiger charge is 2.39. The van der Waals surface area contributed by atoms with E-state index in [9.17, 15) is 9.59 Å². The molecule has 15 heavy (non-hydrogen) atoms. The highest BCUT2D eigenvalue weighted by Crippen LogP contribution is 2.35. The van der Waals surface area contributed by atoms with E-state index in [1.54, 1.807) is 0 Å². The molecular formula is C12H20O3. The van der Waals surface area contributed by atoms with E-state index in [1.165, 1.54) is 0 Å². The Hall–Kier alpha value is -0.860. The number of carboxylic acids is 1. The van der Waals surface area contributed by atoms with Crippen molar-refractivity contribution in [2.24, 2.45) is 17.3 Å². The lowest BCUT2D eigenvalue weighted by Crippen LogP contribution is -2.38. The highest BCUT2D eigenvalue weighted by molar-refractivity contribution is 5.90. The number of rotatable bonds is 2. The summed E-state index contributed by atoms with van der Waals surface area (Å²) < 4.78 is 0. The van der Waals surface area contributed by atoms with Crippen molar-refractivity contribution >= 4 is 11.8 Å². The van der Waals surface area contributed by atoms with Crippen molar-refractivity contribution in [2.45, 2.75) is 46.5 Å². The molecular weight excluding hydrogens is 192 g/mol. The van der Waals surface area contributed by atoms with E-state index >= 15 is 0 Å². The smallest absolute Gasteiger partial charge is 0.307 e. The third-order valence-electron chi connectivity index (χ3n) is 3.16. The SMILES string of the molecule is CC(C)(C)C(=O)C1CCCCC1C(=O)O. The van der Waals surface area contributed by atoms with Crippen molar-refractivity contribution in [2.75, 3.05) is 0 Å². The molecule has 1 aliphatic carbocycles. The predicted molar refractivity (Wildman–Crippen MR) is 57.5 cm³/mol. The number of carbonyl (C=O) groups is 2. The van der Waals surface area contributed by atoms with E-state index in [1.807, 2.05) is 20.8 Å². The van der Waals surface area contributed by atoms with Gasteiger partial charge in [-0.2, -0.15) is 0 Å². The standard InChI is InChI=1S/C12H20O3/c1-12(2,3)10(13)8-6-4-5-7-9(8)11(14)15/h8-9H,4-7H2,1-3H3,(H,14,15). The molecule has 1 aliphatic rings. The van der Waals surface area contributed by atoms with E-state index in [2.05, 4.69) is 0 Å². The molecule has 0 aromatic rings. The summed E-state index contributed by atoms with van der Waals surface area (Å²) in [6.45, 7) is 5.59. The Labute approximate surface area is 90.9 Å². The van der Waals surface area contributed by atoms with Gasteiger partial charge in [-0.15, -0.1) is 0 Å². The van der Waals surface area contributed by atoms with Gasteiger partial charge in [0.1, 0.15) is 5.78 Å². The molecule has 2 atom stereocenters. The van der Waals surface area contributed by atoms with Gasteiger partial charge in [-0.1, -0.05) is 33.6 Å². The fourth-order valence-electron chi connectivity index (χ4n) is 2.30. The molecule has 0 amide bonds. The van der Waals surface area contributed by atoms with Gasteiger partial charge < -0.3 is 5.11 Å². The van der Waals surface area contributed by atoms with Crippen LogP contribution in [-0.2, 0) is 9.59 Å². The van der Waals surface area contributed by atoms with Gasteiger partial charge in [0.25, 0.3) is 0 Å². The average Bonchev–Trinajstić information content (AvgIpc) is 2.15. The van der Waals surface area contributed by atoms with E-state index < -0.39 is 17.3 Å². The summed E-state index contributed by atoms with van der Waals surface area (Å²) in [6.07, 6.45) is 3.32. The number of carboxylic acid groups (broad SMARTS) is 1. The molecule has 0 aromatic carbocycles. The Morgan fingerprint density at radius 2 is 1.53 bits per heavy atom. The van der Waals surface area contributed by atoms with Gasteiger partial charge in [0.05, 0.1) is 5.92 Å². The summed E-state index contributed by atoms with van der Waals surface area (Å²) in [4.78, 5) is 23.1. The maximum Gasteiger partial charge on any atom is 0.307 e. The molecule has 0 bridgehead atoms. The normalized spacial score (nSPS) is 27.4. The zero-order valence-electron chi connectivity index (χ0n) is 9.75. The van der Waals surface area contributed by atoms with Gasteiger partial charge in [-0.25, -0.2) is 0 Å². The highest BCUT2D eigenvalue weighted by atomic mass is 16.4. The molecule has 0 aromatic heterocycles. The number of hydrogen-bond acceptors (Lipinski definition) is 2. The summed E-state index contributed by atoms with van der Waals surface area (Å²) in [5.74, 6) is -1.42. The van der Waals surface area contributed by atoms with E-state index in [-0.39, 0.29) is 11.7 Å². The van der Waals surface area contributed by atoms with Gasteiger partial charge in [-0.05, 0) is 12.8 Å². The van der Waals surface area contributed by atoms with Crippen LogP contribution in [0.15, 0.2) is 0 Å². The first kappa shape index (κ1) is 12.2. The lowest BCUT2D eigenvalue weighted by Gasteiger charge is -2.32. The van der Waals surface area contributed by atoms with Crippen LogP contribution in [0.4, 0.5) is 0 Å². The van der Waals surface area contributed by atoms with Gasteiger partial charge in [0.15, 0.2) is 0 Å². The Morgan fingerprint density at radius 3 is 1.93 bits per heavy atom. The van der Waals surface area contributed by atoms with Crippen LogP contribution >= 0.6 is 0 Å². The van der Waals surface area contributed by atoms with Crippen LogP contribution < -0.4 is 0 Å². The molecule has 0 spiro atoms. The van der Waals surface area contributed by atoms with Gasteiger partial charge in [0.2, 0.25) is 0 Å². The van der Waals surface area contributed by atoms with Crippen LogP contribution in [0, 0.1) is 17.3 Å². The Bertz CT molecular complexity index is 263. The third kappa shape index (κ3) is 2.80. The molecule has 0 aliphatic heterocycles. The lowest BCUT2D eigenvalue weighted by molar-refractivity contribution is -0.150. The molecule has 3 nitrogen and oxygen atoms in total. The van der Waals surface area contributed by atoms with Crippen LogP contribution in [-0.4, -0.2) is 16.9 Å². The third-order valence-corrected chi connectivity index (χ3v) is 3.16. The molecule has 0 heterocycles. The minimum Gasteiger partial charge on any atom is -0.481 e. The van der Waals surface area contributed by atoms with Crippen molar-refractivity contribution in [3.05, 3.63) is 0 Å². The van der Waals surface area contributed by atoms with Crippen LogP contribution in [0.2, 0.25) is 0 Å². The Kier molecular flexibility index (Phi) is 3.53. The van der Waals surface area contributed by atoms with Gasteiger partial charge >= 0.3 is 5.97 Å². The number of hydrogen-bond donors (Lipinski definition) is 1. The Balaban J connectivity index is 2.81. The molecule has 1 saturated carbocycles. The van der Waals surface area contributed by atoms with Crippen LogP contribution in [0.25, 0.3) is 0 Å². The minimum absolute atomic E-state index is 0.106. The molecule has 3 heteroatoms. The summed E-state index contributed by atoms with van der Waals surface area (Å²) >= 11 is 0. The van der Waals surface area contributed by atoms with E-state index in [0.29, 0.717) is 6.42 Å². The molecule has 1 N–H and O–H groups in total. The molecule has 86 valence electrons. The molecule has 1 fully saturated rings. The van der Waals surface area contributed by atoms with Crippen molar-refractivity contribution < 1.29 is 14.7 Å². The predicted octanol–water partition coefficient (Wildman–Crippen LogP) is 2.49. The number of Topliss-reactive ketones (excluding diaryl/α,β-unsaturated/α-hetero) is 1. The summed E-state index contributed by atoms with van der Waals surface area (Å²) in [7, 11) is 0. The second-order valence-corrected chi connectivity index (χ2v) is 5.45. The van der Waals surface area contributed by atoms with E-state index in [4.69, 9.17) is 5.11 Å². The first-order valence-corrected chi connectivity index (χ1v) is 5.61. The number of aliphatic carboxylic acids is 1. The van der Waals surface area contributed by atoms with Crippen LogP contribution in [0.5, 0.6) is 0 Å².